The van der Waals surface area contributed by atoms with E-state index in [1.54, 1.807) is 21.3 Å². The molecule has 0 saturated heterocycles. The van der Waals surface area contributed by atoms with Crippen molar-refractivity contribution in [3.8, 4) is 0 Å². The molecule has 1 unspecified atom stereocenters. The van der Waals surface area contributed by atoms with Crippen LogP contribution < -0.4 is 0 Å². The van der Waals surface area contributed by atoms with Crippen LogP contribution in [0.3, 0.4) is 0 Å². The monoisotopic (exact) mass is 568 g/mol. The Morgan fingerprint density at radius 1 is 0.605 bits per heavy atom. The molecule has 11 heteroatoms. The third kappa shape index (κ3) is 20.4. The summed E-state index contributed by atoms with van der Waals surface area (Å²) in [4.78, 5) is 13.6. The van der Waals surface area contributed by atoms with Gasteiger partial charge in [-0.15, -0.1) is 0 Å². The number of carbonyl (C=O) groups excluding carboxylic acids is 1. The maximum absolute atomic E-state index is 13.6. The normalized spacial score (nSPS) is 12.8. The van der Waals surface area contributed by atoms with Gasteiger partial charge in [-0.3, -0.25) is 4.79 Å². The van der Waals surface area contributed by atoms with Crippen molar-refractivity contribution < 1.29 is 46.5 Å². The number of hydrogen-bond acceptors (Lipinski definition) is 10. The van der Waals surface area contributed by atoms with Crippen LogP contribution in [0.15, 0.2) is 0 Å². The molecule has 0 aromatic heterocycles. The summed E-state index contributed by atoms with van der Waals surface area (Å²) in [6.07, 6.45) is 8.70. The van der Waals surface area contributed by atoms with Gasteiger partial charge >= 0.3 is 8.80 Å². The second-order valence-electron chi connectivity index (χ2n) is 8.96. The van der Waals surface area contributed by atoms with Gasteiger partial charge < -0.3 is 41.7 Å². The minimum atomic E-state index is -3.72. The molecule has 0 bridgehead atoms. The number of ether oxygens (including phenoxy) is 6. The summed E-state index contributed by atoms with van der Waals surface area (Å²) in [5.41, 5.74) is 0. The molecule has 0 N–H and O–H groups in total. The topological polar surface area (TPSA) is 100 Å². The standard InChI is InChI=1S/C27H56O10Si/c1-6-8-9-10-11-12-13-14-27(28)38(35-23-20-32-18-15-29-3,36-24-21-33-19-16-30-4)37-25-26(7-2)34-22-17-31-5/h26H,6-25H2,1-5H3. The summed E-state index contributed by atoms with van der Waals surface area (Å²) in [5.74, 6) is 0. The van der Waals surface area contributed by atoms with E-state index in [9.17, 15) is 4.79 Å². The molecule has 0 aliphatic carbocycles. The third-order valence-electron chi connectivity index (χ3n) is 5.81. The number of methoxy groups -OCH3 is 3. The average molecular weight is 569 g/mol. The SMILES string of the molecule is CCCCCCCCCC(=O)[Si](OCCOCCOC)(OCCOCCOC)OCC(CC)OCCOC. The van der Waals surface area contributed by atoms with E-state index in [0.717, 1.165) is 25.7 Å². The molecule has 0 saturated carbocycles. The molecule has 0 heterocycles. The molecule has 0 aliphatic rings. The van der Waals surface area contributed by atoms with E-state index in [1.807, 2.05) is 6.92 Å². The minimum Gasteiger partial charge on any atom is -0.382 e. The molecule has 38 heavy (non-hydrogen) atoms. The Morgan fingerprint density at radius 3 is 1.63 bits per heavy atom. The fourth-order valence-corrected chi connectivity index (χ4v) is 5.83. The number of unbranched alkanes of at least 4 members (excludes halogenated alkanes) is 6. The Hall–Kier alpha value is -0.473. The van der Waals surface area contributed by atoms with Crippen molar-refractivity contribution in [3.05, 3.63) is 0 Å². The summed E-state index contributed by atoms with van der Waals surface area (Å²) in [6, 6.07) is 0. The van der Waals surface area contributed by atoms with Gasteiger partial charge in [-0.1, -0.05) is 52.4 Å². The lowest BCUT2D eigenvalue weighted by Crippen LogP contribution is -2.56. The number of hydrogen-bond donors (Lipinski definition) is 0. The van der Waals surface area contributed by atoms with Crippen LogP contribution in [-0.4, -0.2) is 114 Å². The van der Waals surface area contributed by atoms with Crippen molar-refractivity contribution in [3.63, 3.8) is 0 Å². The highest BCUT2D eigenvalue weighted by Crippen LogP contribution is 2.19. The van der Waals surface area contributed by atoms with E-state index < -0.39 is 8.80 Å². The summed E-state index contributed by atoms with van der Waals surface area (Å²) >= 11 is 0. The lowest BCUT2D eigenvalue weighted by Gasteiger charge is -2.30. The van der Waals surface area contributed by atoms with Crippen LogP contribution in [0, 0.1) is 0 Å². The molecular weight excluding hydrogens is 512 g/mol. The van der Waals surface area contributed by atoms with Gasteiger partial charge in [-0.25, -0.2) is 0 Å². The number of rotatable bonds is 31. The first-order chi connectivity index (χ1) is 18.6. The van der Waals surface area contributed by atoms with Crippen molar-refractivity contribution in [2.24, 2.45) is 0 Å². The van der Waals surface area contributed by atoms with Gasteiger partial charge in [-0.05, 0) is 12.8 Å². The second kappa shape index (κ2) is 28.1. The van der Waals surface area contributed by atoms with Gasteiger partial charge in [0.05, 0.1) is 78.8 Å². The van der Waals surface area contributed by atoms with Crippen molar-refractivity contribution >= 4 is 14.2 Å². The highest BCUT2D eigenvalue weighted by atomic mass is 28.4. The zero-order valence-electron chi connectivity index (χ0n) is 24.8. The van der Waals surface area contributed by atoms with Crippen LogP contribution >= 0.6 is 0 Å². The van der Waals surface area contributed by atoms with Gasteiger partial charge in [0, 0.05) is 27.8 Å². The van der Waals surface area contributed by atoms with Crippen LogP contribution in [0.2, 0.25) is 0 Å². The average Bonchev–Trinajstić information content (AvgIpc) is 2.93. The van der Waals surface area contributed by atoms with Gasteiger partial charge in [0.15, 0.2) is 0 Å². The number of carbonyl (C=O) groups is 1. The molecule has 0 spiro atoms. The summed E-state index contributed by atoms with van der Waals surface area (Å²) in [6.45, 7) is 8.20. The van der Waals surface area contributed by atoms with Crippen LogP contribution in [0.1, 0.15) is 71.6 Å². The highest BCUT2D eigenvalue weighted by Gasteiger charge is 2.50. The molecule has 1 atom stereocenters. The van der Waals surface area contributed by atoms with Gasteiger partial charge in [-0.2, -0.15) is 0 Å². The predicted octanol–water partition coefficient (Wildman–Crippen LogP) is 3.99. The van der Waals surface area contributed by atoms with Crippen molar-refractivity contribution in [2.75, 3.05) is 94.0 Å². The fraction of sp³-hybridized carbons (Fsp3) is 0.963. The van der Waals surface area contributed by atoms with E-state index in [-0.39, 0.29) is 31.3 Å². The second-order valence-corrected chi connectivity index (χ2v) is 11.5. The fourth-order valence-electron chi connectivity index (χ4n) is 3.51. The molecule has 0 rings (SSSR count). The van der Waals surface area contributed by atoms with E-state index in [2.05, 4.69) is 6.92 Å². The summed E-state index contributed by atoms with van der Waals surface area (Å²) < 4.78 is 50.6. The maximum atomic E-state index is 13.6. The molecule has 0 amide bonds. The van der Waals surface area contributed by atoms with E-state index in [0.29, 0.717) is 59.3 Å². The Kier molecular flexibility index (Phi) is 27.7. The molecule has 0 radical (unpaired) electrons. The van der Waals surface area contributed by atoms with Crippen LogP contribution in [0.5, 0.6) is 0 Å². The van der Waals surface area contributed by atoms with Gasteiger partial charge in [0.2, 0.25) is 5.41 Å². The first-order valence-electron chi connectivity index (χ1n) is 14.3. The molecule has 10 nitrogen and oxygen atoms in total. The lowest BCUT2D eigenvalue weighted by atomic mass is 10.1. The smallest absolute Gasteiger partial charge is 0.382 e. The van der Waals surface area contributed by atoms with E-state index in [1.165, 1.54) is 25.7 Å². The van der Waals surface area contributed by atoms with Gasteiger partial charge in [0.25, 0.3) is 0 Å². The molecule has 0 fully saturated rings. The highest BCUT2D eigenvalue weighted by molar-refractivity contribution is 6.92. The van der Waals surface area contributed by atoms with E-state index in [4.69, 9.17) is 41.7 Å². The summed E-state index contributed by atoms with van der Waals surface area (Å²) in [7, 11) is 1.16. The third-order valence-corrected chi connectivity index (χ3v) is 8.46. The Bertz CT molecular complexity index is 496. The molecule has 228 valence electrons. The Labute approximate surface area is 232 Å². The van der Waals surface area contributed by atoms with Crippen molar-refractivity contribution in [2.45, 2.75) is 77.7 Å². The largest absolute Gasteiger partial charge is 0.575 e. The first kappa shape index (κ1) is 37.5. The summed E-state index contributed by atoms with van der Waals surface area (Å²) in [5, 5.41) is -0.105. The lowest BCUT2D eigenvalue weighted by molar-refractivity contribution is -0.121. The zero-order valence-corrected chi connectivity index (χ0v) is 25.8. The van der Waals surface area contributed by atoms with E-state index >= 15 is 0 Å². The predicted molar refractivity (Wildman–Crippen MR) is 149 cm³/mol. The molecule has 0 aliphatic heterocycles. The maximum Gasteiger partial charge on any atom is 0.575 e. The first-order valence-corrected chi connectivity index (χ1v) is 16.0. The van der Waals surface area contributed by atoms with Crippen molar-refractivity contribution in [1.82, 2.24) is 0 Å². The zero-order chi connectivity index (χ0) is 28.2. The molecular formula is C27H56O10Si. The minimum absolute atomic E-state index is 0.105. The van der Waals surface area contributed by atoms with Crippen LogP contribution in [-0.2, 0) is 46.5 Å². The van der Waals surface area contributed by atoms with Crippen LogP contribution in [0.25, 0.3) is 0 Å². The van der Waals surface area contributed by atoms with Crippen LogP contribution in [0.4, 0.5) is 0 Å². The Morgan fingerprint density at radius 2 is 1.11 bits per heavy atom. The Balaban J connectivity index is 5.26. The molecule has 0 aromatic carbocycles. The molecule has 0 aromatic rings. The van der Waals surface area contributed by atoms with Gasteiger partial charge in [0.1, 0.15) is 0 Å². The quantitative estimate of drug-likeness (QED) is 0.0901. The van der Waals surface area contributed by atoms with Crippen molar-refractivity contribution in [1.29, 1.82) is 0 Å².